The van der Waals surface area contributed by atoms with Gasteiger partial charge < -0.3 is 14.6 Å². The molecule has 1 aliphatic heterocycles. The average Bonchev–Trinajstić information content (AvgIpc) is 2.86. The summed E-state index contributed by atoms with van der Waals surface area (Å²) in [6, 6.07) is 11.6. The van der Waals surface area contributed by atoms with Gasteiger partial charge in [-0.1, -0.05) is 37.5 Å². The number of ether oxygens (including phenoxy) is 2. The Morgan fingerprint density at radius 3 is 2.50 bits per heavy atom. The summed E-state index contributed by atoms with van der Waals surface area (Å²) in [6.45, 7) is -0.170. The lowest BCUT2D eigenvalue weighted by atomic mass is 9.71. The largest absolute Gasteiger partial charge is 0.512 e. The maximum absolute atomic E-state index is 12.6. The zero-order chi connectivity index (χ0) is 23.8. The fourth-order valence-electron chi connectivity index (χ4n) is 5.25. The molecule has 0 spiro atoms. The normalized spacial score (nSPS) is 21.1. The Balaban J connectivity index is 1.26. The van der Waals surface area contributed by atoms with E-state index < -0.39 is 18.2 Å². The van der Waals surface area contributed by atoms with E-state index in [-0.39, 0.29) is 5.76 Å². The number of hydrogen-bond donors (Lipinski definition) is 1. The van der Waals surface area contributed by atoms with Crippen LogP contribution < -0.4 is 4.74 Å². The van der Waals surface area contributed by atoms with E-state index in [2.05, 4.69) is 17.1 Å². The number of nitrogens with zero attached hydrogens (tertiary/aromatic N) is 1. The molecule has 1 saturated carbocycles. The zero-order valence-electron chi connectivity index (χ0n) is 19.7. The second-order valence-corrected chi connectivity index (χ2v) is 9.56. The number of aryl methyl sites for hydroxylation is 1. The van der Waals surface area contributed by atoms with Gasteiger partial charge in [-0.3, -0.25) is 4.98 Å². The lowest BCUT2D eigenvalue weighted by Crippen LogP contribution is -2.46. The van der Waals surface area contributed by atoms with Crippen LogP contribution in [0.1, 0.15) is 74.6 Å². The van der Waals surface area contributed by atoms with Crippen molar-refractivity contribution in [3.63, 3.8) is 0 Å². The molecule has 6 heteroatoms. The van der Waals surface area contributed by atoms with Crippen LogP contribution in [-0.2, 0) is 29.2 Å². The smallest absolute Gasteiger partial charge is 0.334 e. The quantitative estimate of drug-likeness (QED) is 0.317. The van der Waals surface area contributed by atoms with E-state index in [4.69, 9.17) is 9.47 Å². The number of rotatable bonds is 10. The first-order valence-electron chi connectivity index (χ1n) is 12.4. The number of halogens is 1. The average molecular weight is 468 g/mol. The molecule has 0 radical (unpaired) electrons. The van der Waals surface area contributed by atoms with E-state index in [0.29, 0.717) is 24.6 Å². The Labute approximate surface area is 201 Å². The number of carbonyl (C=O) groups is 1. The van der Waals surface area contributed by atoms with Crippen molar-refractivity contribution in [1.29, 1.82) is 0 Å². The molecule has 2 aromatic rings. The number of carbonyl (C=O) groups excluding carboxylic acids is 1. The second kappa shape index (κ2) is 11.5. The third kappa shape index (κ3) is 6.37. The van der Waals surface area contributed by atoms with Gasteiger partial charge >= 0.3 is 5.97 Å². The number of unbranched alkanes of at least 4 members (excludes halogenated alkanes) is 1. The van der Waals surface area contributed by atoms with Crippen molar-refractivity contribution in [2.75, 3.05) is 0 Å². The van der Waals surface area contributed by atoms with Crippen LogP contribution in [0, 0.1) is 5.92 Å². The van der Waals surface area contributed by atoms with Gasteiger partial charge in [0, 0.05) is 18.2 Å². The number of pyridine rings is 1. The fourth-order valence-corrected chi connectivity index (χ4v) is 5.25. The van der Waals surface area contributed by atoms with Crippen LogP contribution in [0.25, 0.3) is 0 Å². The van der Waals surface area contributed by atoms with Gasteiger partial charge in [-0.15, -0.1) is 0 Å². The van der Waals surface area contributed by atoms with E-state index in [1.807, 2.05) is 18.2 Å². The third-order valence-corrected chi connectivity index (χ3v) is 7.09. The van der Waals surface area contributed by atoms with Gasteiger partial charge in [0.25, 0.3) is 0 Å². The molecule has 1 aliphatic carbocycles. The Morgan fingerprint density at radius 2 is 1.82 bits per heavy atom. The van der Waals surface area contributed by atoms with Crippen molar-refractivity contribution < 1.29 is 23.8 Å². The van der Waals surface area contributed by atoms with E-state index in [1.165, 1.54) is 30.9 Å². The van der Waals surface area contributed by atoms with Crippen molar-refractivity contribution in [2.24, 2.45) is 5.92 Å². The number of benzene rings is 1. The molecule has 0 bridgehead atoms. The Hall–Kier alpha value is -2.89. The van der Waals surface area contributed by atoms with Crippen LogP contribution in [0.15, 0.2) is 54.4 Å². The van der Waals surface area contributed by atoms with Gasteiger partial charge in [0.15, 0.2) is 0 Å². The molecule has 1 unspecified atom stereocenters. The number of hydrogen-bond acceptors (Lipinski definition) is 5. The molecule has 0 saturated heterocycles. The van der Waals surface area contributed by atoms with Crippen LogP contribution in [0.4, 0.5) is 4.39 Å². The standard InChI is InChI=1S/C28H34FNO4/c29-18-24-12-9-22(19-30-24)20-33-26-13-10-21(11-14-26)6-4-5-15-28(23-7-2-1-3-8-23)17-25(31)16-27(32)34-28/h9-14,16,19,23,31H,1-8,15,17-18,20H2. The lowest BCUT2D eigenvalue weighted by Gasteiger charge is -2.43. The molecule has 1 N–H and O–H groups in total. The molecule has 2 heterocycles. The highest BCUT2D eigenvalue weighted by Crippen LogP contribution is 2.43. The Bertz CT molecular complexity index is 967. The van der Waals surface area contributed by atoms with Gasteiger partial charge in [-0.05, 0) is 68.2 Å². The molecule has 0 amide bonds. The van der Waals surface area contributed by atoms with Crippen LogP contribution in [0.3, 0.4) is 0 Å². The molecule has 34 heavy (non-hydrogen) atoms. The number of aliphatic hydroxyl groups excluding tert-OH is 1. The molecule has 1 fully saturated rings. The fraction of sp³-hybridized carbons (Fsp3) is 0.500. The maximum atomic E-state index is 12.6. The third-order valence-electron chi connectivity index (χ3n) is 7.09. The molecular formula is C28H34FNO4. The minimum atomic E-state index is -0.561. The highest BCUT2D eigenvalue weighted by atomic mass is 19.1. The zero-order valence-corrected chi connectivity index (χ0v) is 19.7. The van der Waals surface area contributed by atoms with Crippen molar-refractivity contribution in [3.05, 3.63) is 71.3 Å². The van der Waals surface area contributed by atoms with Crippen molar-refractivity contribution >= 4 is 5.97 Å². The van der Waals surface area contributed by atoms with E-state index >= 15 is 0 Å². The summed E-state index contributed by atoms with van der Waals surface area (Å²) in [7, 11) is 0. The molecule has 5 nitrogen and oxygen atoms in total. The van der Waals surface area contributed by atoms with Crippen molar-refractivity contribution in [3.8, 4) is 5.75 Å². The van der Waals surface area contributed by atoms with Crippen LogP contribution in [-0.4, -0.2) is 21.7 Å². The minimum Gasteiger partial charge on any atom is -0.512 e. The van der Waals surface area contributed by atoms with Gasteiger partial charge in [0.1, 0.15) is 30.4 Å². The molecular weight excluding hydrogens is 433 g/mol. The molecule has 1 aromatic heterocycles. The molecule has 2 aliphatic rings. The summed E-state index contributed by atoms with van der Waals surface area (Å²) in [5, 5.41) is 10.2. The van der Waals surface area contributed by atoms with E-state index in [1.54, 1.807) is 12.3 Å². The first kappa shape index (κ1) is 24.2. The molecule has 1 atom stereocenters. The lowest BCUT2D eigenvalue weighted by molar-refractivity contribution is -0.167. The first-order chi connectivity index (χ1) is 16.6. The number of esters is 1. The van der Waals surface area contributed by atoms with Crippen LogP contribution in [0.2, 0.25) is 0 Å². The summed E-state index contributed by atoms with van der Waals surface area (Å²) in [5.74, 6) is 0.873. The highest BCUT2D eigenvalue weighted by Gasteiger charge is 2.44. The maximum Gasteiger partial charge on any atom is 0.334 e. The molecule has 4 rings (SSSR count). The predicted octanol–water partition coefficient (Wildman–Crippen LogP) is 6.55. The van der Waals surface area contributed by atoms with Crippen LogP contribution >= 0.6 is 0 Å². The number of aliphatic hydroxyl groups is 1. The van der Waals surface area contributed by atoms with Crippen LogP contribution in [0.5, 0.6) is 5.75 Å². The molecule has 182 valence electrons. The molecule has 1 aromatic carbocycles. The van der Waals surface area contributed by atoms with Gasteiger partial charge in [0.2, 0.25) is 0 Å². The highest BCUT2D eigenvalue weighted by molar-refractivity contribution is 5.83. The summed E-state index contributed by atoms with van der Waals surface area (Å²) >= 11 is 0. The Morgan fingerprint density at radius 1 is 1.06 bits per heavy atom. The van der Waals surface area contributed by atoms with E-state index in [0.717, 1.165) is 49.8 Å². The van der Waals surface area contributed by atoms with Crippen molar-refractivity contribution in [1.82, 2.24) is 4.98 Å². The van der Waals surface area contributed by atoms with Gasteiger partial charge in [-0.2, -0.15) is 0 Å². The number of alkyl halides is 1. The monoisotopic (exact) mass is 467 g/mol. The summed E-state index contributed by atoms with van der Waals surface area (Å²) in [4.78, 5) is 16.1. The van der Waals surface area contributed by atoms with Gasteiger partial charge in [-0.25, -0.2) is 9.18 Å². The topological polar surface area (TPSA) is 68.7 Å². The summed E-state index contributed by atoms with van der Waals surface area (Å²) in [5.41, 5.74) is 2.01. The number of aromatic nitrogens is 1. The SMILES string of the molecule is O=C1C=C(O)CC(CCCCc2ccc(OCc3ccc(CF)nc3)cc2)(C2CCCCC2)O1. The van der Waals surface area contributed by atoms with Crippen molar-refractivity contribution in [2.45, 2.75) is 83.1 Å². The summed E-state index contributed by atoms with van der Waals surface area (Å²) < 4.78 is 24.3. The van der Waals surface area contributed by atoms with E-state index in [9.17, 15) is 14.3 Å². The Kier molecular flexibility index (Phi) is 8.20. The predicted molar refractivity (Wildman–Crippen MR) is 128 cm³/mol. The first-order valence-corrected chi connectivity index (χ1v) is 12.4. The minimum absolute atomic E-state index is 0.159. The number of cyclic esters (lactones) is 1. The van der Waals surface area contributed by atoms with Gasteiger partial charge in [0.05, 0.1) is 11.8 Å². The second-order valence-electron chi connectivity index (χ2n) is 9.56. The summed E-state index contributed by atoms with van der Waals surface area (Å²) in [6.07, 6.45) is 12.7.